The molecule has 0 atom stereocenters. The lowest BCUT2D eigenvalue weighted by atomic mass is 9.78. The SMILES string of the molecule is CC(C)C(C)(C)C(=O)CCl. The number of alkyl halides is 1. The second-order valence-corrected chi connectivity index (χ2v) is 3.70. The number of halogens is 1. The highest BCUT2D eigenvalue weighted by atomic mass is 35.5. The third kappa shape index (κ3) is 1.98. The van der Waals surface area contributed by atoms with Gasteiger partial charge in [-0.3, -0.25) is 4.79 Å². The van der Waals surface area contributed by atoms with Crippen LogP contribution in [0.4, 0.5) is 0 Å². The van der Waals surface area contributed by atoms with Crippen LogP contribution < -0.4 is 0 Å². The fraction of sp³-hybridized carbons (Fsp3) is 0.875. The molecule has 0 unspecified atom stereocenters. The molecule has 0 aliphatic rings. The third-order valence-corrected chi connectivity index (χ3v) is 2.53. The summed E-state index contributed by atoms with van der Waals surface area (Å²) in [6.45, 7) is 7.93. The van der Waals surface area contributed by atoms with Gasteiger partial charge in [0.15, 0.2) is 5.78 Å². The van der Waals surface area contributed by atoms with E-state index in [9.17, 15) is 4.79 Å². The number of carbonyl (C=O) groups is 1. The Labute approximate surface area is 67.8 Å². The van der Waals surface area contributed by atoms with Crippen LogP contribution in [0.1, 0.15) is 27.7 Å². The fourth-order valence-corrected chi connectivity index (χ4v) is 0.839. The molecule has 1 nitrogen and oxygen atoms in total. The van der Waals surface area contributed by atoms with Crippen LogP contribution in [0.25, 0.3) is 0 Å². The minimum atomic E-state index is -0.262. The Kier molecular flexibility index (Phi) is 3.37. The zero-order chi connectivity index (χ0) is 8.36. The molecule has 0 aliphatic carbocycles. The Bertz CT molecular complexity index is 127. The van der Waals surface area contributed by atoms with E-state index in [1.165, 1.54) is 0 Å². The molecule has 0 aliphatic heterocycles. The number of hydrogen-bond acceptors (Lipinski definition) is 1. The minimum Gasteiger partial charge on any atom is -0.298 e. The van der Waals surface area contributed by atoms with Gasteiger partial charge in [-0.25, -0.2) is 0 Å². The maximum atomic E-state index is 11.1. The molecule has 60 valence electrons. The van der Waals surface area contributed by atoms with Gasteiger partial charge in [-0.1, -0.05) is 27.7 Å². The minimum absolute atomic E-state index is 0.129. The maximum Gasteiger partial charge on any atom is 0.153 e. The smallest absolute Gasteiger partial charge is 0.153 e. The molecule has 0 saturated carbocycles. The molecular weight excluding hydrogens is 148 g/mol. The predicted octanol–water partition coefficient (Wildman–Crippen LogP) is 2.48. The Morgan fingerprint density at radius 1 is 1.50 bits per heavy atom. The predicted molar refractivity (Wildman–Crippen MR) is 44.3 cm³/mol. The van der Waals surface area contributed by atoms with Crippen molar-refractivity contribution in [3.05, 3.63) is 0 Å². The standard InChI is InChI=1S/C8H15ClO/c1-6(2)8(3,4)7(10)5-9/h6H,5H2,1-4H3. The monoisotopic (exact) mass is 162 g/mol. The van der Waals surface area contributed by atoms with E-state index in [0.717, 1.165) is 0 Å². The highest BCUT2D eigenvalue weighted by Gasteiger charge is 2.29. The zero-order valence-electron chi connectivity index (χ0n) is 7.07. The average Bonchev–Trinajstić information content (AvgIpc) is 1.86. The summed E-state index contributed by atoms with van der Waals surface area (Å²) in [5, 5.41) is 0. The van der Waals surface area contributed by atoms with Crippen molar-refractivity contribution < 1.29 is 4.79 Å². The van der Waals surface area contributed by atoms with Gasteiger partial charge in [0.2, 0.25) is 0 Å². The Hall–Kier alpha value is -0.0400. The molecule has 10 heavy (non-hydrogen) atoms. The van der Waals surface area contributed by atoms with Crippen LogP contribution in [-0.2, 0) is 4.79 Å². The van der Waals surface area contributed by atoms with Crippen molar-refractivity contribution in [2.75, 3.05) is 5.88 Å². The van der Waals surface area contributed by atoms with Crippen molar-refractivity contribution in [1.82, 2.24) is 0 Å². The van der Waals surface area contributed by atoms with Gasteiger partial charge in [0.25, 0.3) is 0 Å². The van der Waals surface area contributed by atoms with Crippen molar-refractivity contribution in [3.8, 4) is 0 Å². The highest BCUT2D eigenvalue weighted by Crippen LogP contribution is 2.27. The lowest BCUT2D eigenvalue weighted by Crippen LogP contribution is -2.30. The van der Waals surface area contributed by atoms with Gasteiger partial charge in [0.1, 0.15) is 0 Å². The molecule has 0 aromatic carbocycles. The number of ketones is 1. The molecule has 2 heteroatoms. The van der Waals surface area contributed by atoms with Crippen LogP contribution in [0.5, 0.6) is 0 Å². The van der Waals surface area contributed by atoms with E-state index in [1.807, 2.05) is 27.7 Å². The number of carbonyl (C=O) groups excluding carboxylic acids is 1. The Balaban J connectivity index is 4.24. The summed E-state index contributed by atoms with van der Waals surface area (Å²) in [7, 11) is 0. The van der Waals surface area contributed by atoms with E-state index in [4.69, 9.17) is 11.6 Å². The molecule has 0 spiro atoms. The Morgan fingerprint density at radius 3 is 2.00 bits per heavy atom. The van der Waals surface area contributed by atoms with Gasteiger partial charge in [-0.05, 0) is 5.92 Å². The molecule has 0 aromatic heterocycles. The van der Waals surface area contributed by atoms with Gasteiger partial charge in [-0.2, -0.15) is 0 Å². The van der Waals surface area contributed by atoms with Crippen LogP contribution in [0.2, 0.25) is 0 Å². The molecule has 0 heterocycles. The zero-order valence-corrected chi connectivity index (χ0v) is 7.83. The highest BCUT2D eigenvalue weighted by molar-refractivity contribution is 6.28. The summed E-state index contributed by atoms with van der Waals surface area (Å²) >= 11 is 5.43. The lowest BCUT2D eigenvalue weighted by Gasteiger charge is -2.26. The van der Waals surface area contributed by atoms with Crippen molar-refractivity contribution in [1.29, 1.82) is 0 Å². The van der Waals surface area contributed by atoms with Gasteiger partial charge in [0.05, 0.1) is 5.88 Å². The number of Topliss-reactive ketones (excluding diaryl/α,β-unsaturated/α-hetero) is 1. The first kappa shape index (κ1) is 9.96. The largest absolute Gasteiger partial charge is 0.298 e. The van der Waals surface area contributed by atoms with Crippen LogP contribution in [0.15, 0.2) is 0 Å². The van der Waals surface area contributed by atoms with Gasteiger partial charge >= 0.3 is 0 Å². The molecule has 0 N–H and O–H groups in total. The molecular formula is C8H15ClO. The van der Waals surface area contributed by atoms with E-state index < -0.39 is 0 Å². The van der Waals surface area contributed by atoms with Crippen molar-refractivity contribution in [3.63, 3.8) is 0 Å². The number of hydrogen-bond donors (Lipinski definition) is 0. The third-order valence-electron chi connectivity index (χ3n) is 2.28. The molecule has 0 bridgehead atoms. The van der Waals surface area contributed by atoms with E-state index in [2.05, 4.69) is 0 Å². The summed E-state index contributed by atoms with van der Waals surface area (Å²) in [5.74, 6) is 0.619. The van der Waals surface area contributed by atoms with Crippen LogP contribution in [0.3, 0.4) is 0 Å². The topological polar surface area (TPSA) is 17.1 Å². The normalized spacial score (nSPS) is 12.2. The van der Waals surface area contributed by atoms with Crippen LogP contribution >= 0.6 is 11.6 Å². The maximum absolute atomic E-state index is 11.1. The first-order chi connectivity index (χ1) is 4.42. The van der Waals surface area contributed by atoms with Gasteiger partial charge < -0.3 is 0 Å². The second-order valence-electron chi connectivity index (χ2n) is 3.43. The van der Waals surface area contributed by atoms with Crippen molar-refractivity contribution in [2.24, 2.45) is 11.3 Å². The second kappa shape index (κ2) is 3.38. The van der Waals surface area contributed by atoms with Gasteiger partial charge in [0, 0.05) is 5.41 Å². The average molecular weight is 163 g/mol. The summed E-state index contributed by atoms with van der Waals surface area (Å²) in [6.07, 6.45) is 0. The Morgan fingerprint density at radius 2 is 1.90 bits per heavy atom. The summed E-state index contributed by atoms with van der Waals surface area (Å²) < 4.78 is 0. The molecule has 0 fully saturated rings. The van der Waals surface area contributed by atoms with Crippen molar-refractivity contribution in [2.45, 2.75) is 27.7 Å². The molecule has 0 radical (unpaired) electrons. The molecule has 0 rings (SSSR count). The molecule has 0 saturated heterocycles. The summed E-state index contributed by atoms with van der Waals surface area (Å²) in [4.78, 5) is 11.1. The van der Waals surface area contributed by atoms with Crippen LogP contribution in [0, 0.1) is 11.3 Å². The van der Waals surface area contributed by atoms with E-state index in [0.29, 0.717) is 5.92 Å². The number of rotatable bonds is 3. The first-order valence-corrected chi connectivity index (χ1v) is 4.05. The van der Waals surface area contributed by atoms with Gasteiger partial charge in [-0.15, -0.1) is 11.6 Å². The molecule has 0 amide bonds. The van der Waals surface area contributed by atoms with Crippen LogP contribution in [-0.4, -0.2) is 11.7 Å². The quantitative estimate of drug-likeness (QED) is 0.583. The summed E-state index contributed by atoms with van der Waals surface area (Å²) in [5.41, 5.74) is -0.262. The van der Waals surface area contributed by atoms with E-state index in [1.54, 1.807) is 0 Å². The lowest BCUT2D eigenvalue weighted by molar-refractivity contribution is -0.126. The van der Waals surface area contributed by atoms with Crippen molar-refractivity contribution >= 4 is 17.4 Å². The van der Waals surface area contributed by atoms with E-state index >= 15 is 0 Å². The summed E-state index contributed by atoms with van der Waals surface area (Å²) in [6, 6.07) is 0. The first-order valence-electron chi connectivity index (χ1n) is 3.52. The molecule has 0 aromatic rings. The van der Waals surface area contributed by atoms with E-state index in [-0.39, 0.29) is 17.1 Å². The fourth-order valence-electron chi connectivity index (χ4n) is 0.494.